The zero-order chi connectivity index (χ0) is 30.8. The van der Waals surface area contributed by atoms with Gasteiger partial charge in [-0.3, -0.25) is 14.5 Å². The Morgan fingerprint density at radius 3 is 2.59 bits per heavy atom. The number of carbonyl (C=O) groups excluding carboxylic acids is 2. The lowest BCUT2D eigenvalue weighted by Crippen LogP contribution is -2.29. The van der Waals surface area contributed by atoms with Crippen molar-refractivity contribution < 1.29 is 38.4 Å². The van der Waals surface area contributed by atoms with Crippen molar-refractivity contribution in [1.82, 2.24) is 4.98 Å². The summed E-state index contributed by atoms with van der Waals surface area (Å²) in [4.78, 5) is 33.6. The second-order valence-electron chi connectivity index (χ2n) is 10.2. The lowest BCUT2D eigenvalue weighted by atomic mass is 9.95. The quantitative estimate of drug-likeness (QED) is 0.0951. The Bertz CT molecular complexity index is 1760. The molecule has 1 N–H and O–H groups in total. The van der Waals surface area contributed by atoms with Gasteiger partial charge in [0.25, 0.3) is 5.78 Å². The molecular formula is C33H32N2O8S. The first-order chi connectivity index (χ1) is 21.4. The van der Waals surface area contributed by atoms with E-state index >= 15 is 0 Å². The highest BCUT2D eigenvalue weighted by atomic mass is 32.1. The van der Waals surface area contributed by atoms with Gasteiger partial charge in [-0.1, -0.05) is 30.7 Å². The molecule has 4 aromatic rings. The normalized spacial score (nSPS) is 17.2. The van der Waals surface area contributed by atoms with E-state index in [4.69, 9.17) is 28.7 Å². The molecule has 6 rings (SSSR count). The minimum atomic E-state index is -1.01. The van der Waals surface area contributed by atoms with Crippen molar-refractivity contribution in [2.24, 2.45) is 0 Å². The zero-order valence-corrected chi connectivity index (χ0v) is 25.4. The van der Waals surface area contributed by atoms with Gasteiger partial charge in [0, 0.05) is 5.56 Å². The third-order valence-electron chi connectivity index (χ3n) is 7.39. The Morgan fingerprint density at radius 1 is 1.00 bits per heavy atom. The number of amides is 1. The molecule has 3 aromatic carbocycles. The van der Waals surface area contributed by atoms with Crippen LogP contribution < -0.4 is 28.6 Å². The molecule has 1 amide bonds. The van der Waals surface area contributed by atoms with Crippen LogP contribution in [0.4, 0.5) is 5.13 Å². The first-order valence-electron chi connectivity index (χ1n) is 14.5. The van der Waals surface area contributed by atoms with E-state index in [0.717, 1.165) is 17.5 Å². The van der Waals surface area contributed by atoms with E-state index < -0.39 is 17.7 Å². The number of aromatic nitrogens is 1. The summed E-state index contributed by atoms with van der Waals surface area (Å²) in [7, 11) is 1.57. The summed E-state index contributed by atoms with van der Waals surface area (Å²) in [5.41, 5.74) is 1.43. The number of ketones is 1. The van der Waals surface area contributed by atoms with Crippen LogP contribution in [0.15, 0.2) is 60.2 Å². The number of carbonyl (C=O) groups is 2. The molecule has 228 valence electrons. The largest absolute Gasteiger partial charge is 0.507 e. The molecule has 2 aliphatic heterocycles. The minimum absolute atomic E-state index is 0.0781. The number of methoxy groups -OCH3 is 1. The van der Waals surface area contributed by atoms with Crippen LogP contribution >= 0.6 is 11.3 Å². The van der Waals surface area contributed by atoms with Crippen molar-refractivity contribution in [2.75, 3.05) is 38.4 Å². The van der Waals surface area contributed by atoms with Crippen molar-refractivity contribution in [3.8, 4) is 28.7 Å². The number of rotatable bonds is 10. The number of ether oxygens (including phenoxy) is 5. The van der Waals surface area contributed by atoms with Gasteiger partial charge in [-0.15, -0.1) is 0 Å². The van der Waals surface area contributed by atoms with Crippen LogP contribution in [0.3, 0.4) is 0 Å². The van der Waals surface area contributed by atoms with Crippen molar-refractivity contribution in [1.29, 1.82) is 0 Å². The Morgan fingerprint density at radius 2 is 1.82 bits per heavy atom. The third kappa shape index (κ3) is 5.39. The molecule has 1 unspecified atom stereocenters. The molecule has 1 saturated heterocycles. The predicted molar refractivity (Wildman–Crippen MR) is 166 cm³/mol. The number of benzene rings is 3. The van der Waals surface area contributed by atoms with E-state index in [2.05, 4.69) is 6.92 Å². The number of thiazole rings is 1. The maximum absolute atomic E-state index is 13.8. The van der Waals surface area contributed by atoms with Gasteiger partial charge in [0.1, 0.15) is 24.7 Å². The predicted octanol–water partition coefficient (Wildman–Crippen LogP) is 6.28. The SMILES string of the molecule is CCCCOc1ccc(C2C(=C(O)c3ccc4c(c3)OCCO4)C(=O)C(=O)N2c2nc3ccc(OC)cc3s2)cc1OCC. The summed E-state index contributed by atoms with van der Waals surface area (Å²) in [5, 5.41) is 12.0. The molecule has 0 saturated carbocycles. The number of nitrogens with zero attached hydrogens (tertiary/aromatic N) is 2. The standard InChI is InChI=1S/C33H32N2O8S/c1-4-6-13-41-23-11-7-19(16-25(23)40-5-2)29-28(30(36)20-8-12-24-26(17-20)43-15-14-42-24)31(37)32(38)35(29)33-34-22-10-9-21(39-3)18-27(22)44-33/h7-12,16-18,29,36H,4-6,13-15H2,1-3H3. The van der Waals surface area contributed by atoms with Crippen molar-refractivity contribution in [3.63, 3.8) is 0 Å². The molecule has 1 atom stereocenters. The summed E-state index contributed by atoms with van der Waals surface area (Å²) in [6.07, 6.45) is 1.86. The topological polar surface area (TPSA) is 117 Å². The van der Waals surface area contributed by atoms with Gasteiger partial charge in [0.05, 0.1) is 42.2 Å². The number of hydrogen-bond donors (Lipinski definition) is 1. The Balaban J connectivity index is 1.51. The van der Waals surface area contributed by atoms with E-state index in [1.807, 2.05) is 13.0 Å². The fraction of sp³-hybridized carbons (Fsp3) is 0.303. The van der Waals surface area contributed by atoms with Crippen LogP contribution in [0.5, 0.6) is 28.7 Å². The first-order valence-corrected chi connectivity index (χ1v) is 15.3. The van der Waals surface area contributed by atoms with Crippen LogP contribution in [0.1, 0.15) is 43.9 Å². The molecule has 10 nitrogen and oxygen atoms in total. The fourth-order valence-electron chi connectivity index (χ4n) is 5.22. The molecule has 44 heavy (non-hydrogen) atoms. The average molecular weight is 617 g/mol. The highest BCUT2D eigenvalue weighted by molar-refractivity contribution is 7.22. The fourth-order valence-corrected chi connectivity index (χ4v) is 6.24. The summed E-state index contributed by atoms with van der Waals surface area (Å²) >= 11 is 1.25. The zero-order valence-electron chi connectivity index (χ0n) is 24.6. The Kier molecular flexibility index (Phi) is 8.30. The Labute approximate surface area is 258 Å². The summed E-state index contributed by atoms with van der Waals surface area (Å²) in [6.45, 7) is 5.62. The summed E-state index contributed by atoms with van der Waals surface area (Å²) < 4.78 is 29.4. The van der Waals surface area contributed by atoms with E-state index in [1.165, 1.54) is 16.2 Å². The van der Waals surface area contributed by atoms with Crippen molar-refractivity contribution in [2.45, 2.75) is 32.7 Å². The van der Waals surface area contributed by atoms with Crippen LogP contribution in [0.2, 0.25) is 0 Å². The number of anilines is 1. The van der Waals surface area contributed by atoms with Crippen molar-refractivity contribution in [3.05, 3.63) is 71.3 Å². The van der Waals surface area contributed by atoms with Gasteiger partial charge < -0.3 is 28.8 Å². The number of hydrogen-bond acceptors (Lipinski definition) is 10. The van der Waals surface area contributed by atoms with E-state index in [-0.39, 0.29) is 11.3 Å². The Hall–Kier alpha value is -4.77. The molecule has 2 aliphatic rings. The molecular weight excluding hydrogens is 584 g/mol. The molecule has 0 radical (unpaired) electrons. The second-order valence-corrected chi connectivity index (χ2v) is 11.2. The van der Waals surface area contributed by atoms with Gasteiger partial charge in [-0.05, 0) is 67.4 Å². The molecule has 3 heterocycles. The maximum Gasteiger partial charge on any atom is 0.301 e. The van der Waals surface area contributed by atoms with E-state index in [0.29, 0.717) is 77.0 Å². The van der Waals surface area contributed by atoms with E-state index in [9.17, 15) is 14.7 Å². The van der Waals surface area contributed by atoms with Gasteiger partial charge in [0.15, 0.2) is 28.1 Å². The third-order valence-corrected chi connectivity index (χ3v) is 8.41. The second kappa shape index (κ2) is 12.5. The van der Waals surface area contributed by atoms with Crippen LogP contribution in [-0.4, -0.2) is 55.3 Å². The number of aliphatic hydroxyl groups excluding tert-OH is 1. The highest BCUT2D eigenvalue weighted by Gasteiger charge is 2.48. The van der Waals surface area contributed by atoms with Crippen LogP contribution in [0.25, 0.3) is 16.0 Å². The van der Waals surface area contributed by atoms with E-state index in [1.54, 1.807) is 55.6 Å². The lowest BCUT2D eigenvalue weighted by Gasteiger charge is -2.24. The van der Waals surface area contributed by atoms with Gasteiger partial charge >= 0.3 is 5.91 Å². The number of aliphatic hydroxyl groups is 1. The van der Waals surface area contributed by atoms with Crippen LogP contribution in [0, 0.1) is 0 Å². The smallest absolute Gasteiger partial charge is 0.301 e. The van der Waals surface area contributed by atoms with Crippen molar-refractivity contribution >= 4 is 44.1 Å². The number of Topliss-reactive ketones (excluding diaryl/α,β-unsaturated/α-hetero) is 1. The summed E-state index contributed by atoms with van der Waals surface area (Å²) in [5.74, 6) is 0.677. The summed E-state index contributed by atoms with van der Waals surface area (Å²) in [6, 6.07) is 14.6. The monoisotopic (exact) mass is 616 g/mol. The molecule has 1 fully saturated rings. The molecule has 1 aromatic heterocycles. The number of unbranched alkanes of at least 4 members (excludes halogenated alkanes) is 1. The number of fused-ring (bicyclic) bond motifs is 2. The molecule has 0 aliphatic carbocycles. The maximum atomic E-state index is 13.8. The van der Waals surface area contributed by atoms with Gasteiger partial charge in [-0.2, -0.15) is 0 Å². The lowest BCUT2D eigenvalue weighted by molar-refractivity contribution is -0.132. The van der Waals surface area contributed by atoms with Crippen LogP contribution in [-0.2, 0) is 9.59 Å². The first kappa shape index (κ1) is 29.3. The molecule has 0 spiro atoms. The molecule has 11 heteroatoms. The molecule has 0 bridgehead atoms. The van der Waals surface area contributed by atoms with Gasteiger partial charge in [-0.25, -0.2) is 4.98 Å². The highest BCUT2D eigenvalue weighted by Crippen LogP contribution is 2.46. The van der Waals surface area contributed by atoms with Gasteiger partial charge in [0.2, 0.25) is 0 Å². The minimum Gasteiger partial charge on any atom is -0.507 e. The average Bonchev–Trinajstić information content (AvgIpc) is 3.58.